The zero-order valence-corrected chi connectivity index (χ0v) is 10.9. The first-order chi connectivity index (χ1) is 8.06. The van der Waals surface area contributed by atoms with E-state index in [4.69, 9.17) is 29.5 Å². The third kappa shape index (κ3) is 2.91. The van der Waals surface area contributed by atoms with Crippen molar-refractivity contribution in [3.05, 3.63) is 40.3 Å². The molecule has 0 unspecified atom stereocenters. The van der Waals surface area contributed by atoms with Crippen molar-refractivity contribution in [3.63, 3.8) is 0 Å². The largest absolute Gasteiger partial charge is 0.478 e. The van der Waals surface area contributed by atoms with Crippen LogP contribution in [-0.4, -0.2) is 20.4 Å². The zero-order chi connectivity index (χ0) is 12.4. The van der Waals surface area contributed by atoms with Gasteiger partial charge < -0.3 is 10.4 Å². The minimum atomic E-state index is -0.933. The molecule has 1 aliphatic rings. The van der Waals surface area contributed by atoms with E-state index < -0.39 is 5.97 Å². The first-order valence-electron chi connectivity index (χ1n) is 4.64. The molecule has 1 aromatic carbocycles. The summed E-state index contributed by atoms with van der Waals surface area (Å²) in [7, 11) is 0. The Labute approximate surface area is 113 Å². The highest BCUT2D eigenvalue weighted by molar-refractivity contribution is 8.27. The van der Waals surface area contributed by atoms with Gasteiger partial charge in [-0.15, -0.1) is 0 Å². The Morgan fingerprint density at radius 2 is 1.94 bits per heavy atom. The molecule has 1 aromatic rings. The smallest absolute Gasteiger partial charge is 0.335 e. The molecule has 1 fully saturated rings. The Morgan fingerprint density at radius 1 is 1.29 bits per heavy atom. The number of hydrogen-bond acceptors (Lipinski definition) is 4. The molecule has 0 atom stereocenters. The SMILES string of the molecule is O=C(O)c1ccc(/C=C2/SC(=S)NC2=S)cc1. The molecule has 0 spiro atoms. The van der Waals surface area contributed by atoms with Crippen LogP contribution in [0.5, 0.6) is 0 Å². The molecule has 0 saturated carbocycles. The first kappa shape index (κ1) is 12.2. The van der Waals surface area contributed by atoms with Crippen LogP contribution in [0.1, 0.15) is 15.9 Å². The number of hydrogen-bond donors (Lipinski definition) is 2. The standard InChI is InChI=1S/C11H7NO2S3/c13-10(14)7-3-1-6(2-4-7)5-8-9(15)12-11(16)17-8/h1-5H,(H,13,14)(H,12,15,16)/b8-5+. The lowest BCUT2D eigenvalue weighted by molar-refractivity contribution is 0.0697. The molecular formula is C11H7NO2S3. The van der Waals surface area contributed by atoms with Crippen LogP contribution < -0.4 is 5.32 Å². The van der Waals surface area contributed by atoms with Gasteiger partial charge in [0.2, 0.25) is 0 Å². The number of thioether (sulfide) groups is 1. The average molecular weight is 281 g/mol. The van der Waals surface area contributed by atoms with Crippen LogP contribution in [0, 0.1) is 0 Å². The number of rotatable bonds is 2. The van der Waals surface area contributed by atoms with Gasteiger partial charge in [0.15, 0.2) is 0 Å². The van der Waals surface area contributed by atoms with Crippen LogP contribution in [0.2, 0.25) is 0 Å². The maximum Gasteiger partial charge on any atom is 0.335 e. The van der Waals surface area contributed by atoms with E-state index in [1.807, 2.05) is 6.08 Å². The fourth-order valence-corrected chi connectivity index (χ4v) is 2.77. The van der Waals surface area contributed by atoms with E-state index in [0.717, 1.165) is 10.5 Å². The quantitative estimate of drug-likeness (QED) is 0.642. The van der Waals surface area contributed by atoms with E-state index in [1.54, 1.807) is 24.3 Å². The van der Waals surface area contributed by atoms with Crippen molar-refractivity contribution in [2.24, 2.45) is 0 Å². The number of benzene rings is 1. The third-order valence-corrected chi connectivity index (χ3v) is 3.73. The van der Waals surface area contributed by atoms with E-state index in [0.29, 0.717) is 9.31 Å². The Kier molecular flexibility index (Phi) is 3.56. The Hall–Kier alpha value is -1.24. The predicted octanol–water partition coefficient (Wildman–Crippen LogP) is 2.67. The molecule has 1 aliphatic heterocycles. The average Bonchev–Trinajstić information content (AvgIpc) is 2.58. The minimum absolute atomic E-state index is 0.266. The van der Waals surface area contributed by atoms with Gasteiger partial charge in [0.25, 0.3) is 0 Å². The summed E-state index contributed by atoms with van der Waals surface area (Å²) in [6.07, 6.45) is 1.88. The minimum Gasteiger partial charge on any atom is -0.478 e. The Bertz CT molecular complexity index is 534. The molecule has 0 amide bonds. The van der Waals surface area contributed by atoms with Crippen LogP contribution in [0.3, 0.4) is 0 Å². The summed E-state index contributed by atoms with van der Waals surface area (Å²) in [5.41, 5.74) is 1.16. The zero-order valence-electron chi connectivity index (χ0n) is 8.47. The molecule has 6 heteroatoms. The van der Waals surface area contributed by atoms with Gasteiger partial charge in [0.05, 0.1) is 5.56 Å². The molecule has 0 aromatic heterocycles. The summed E-state index contributed by atoms with van der Waals surface area (Å²) in [6.45, 7) is 0. The molecule has 0 bridgehead atoms. The molecule has 1 heterocycles. The first-order valence-corrected chi connectivity index (χ1v) is 6.28. The lowest BCUT2D eigenvalue weighted by Gasteiger charge is -1.98. The van der Waals surface area contributed by atoms with E-state index in [-0.39, 0.29) is 5.56 Å². The van der Waals surface area contributed by atoms with Crippen molar-refractivity contribution in [2.75, 3.05) is 0 Å². The van der Waals surface area contributed by atoms with Gasteiger partial charge in [0, 0.05) is 4.91 Å². The Morgan fingerprint density at radius 3 is 2.41 bits per heavy atom. The summed E-state index contributed by atoms with van der Waals surface area (Å²) in [5.74, 6) is -0.933. The Balaban J connectivity index is 2.24. The number of carboxylic acids is 1. The highest BCUT2D eigenvalue weighted by atomic mass is 32.2. The molecule has 2 N–H and O–H groups in total. The summed E-state index contributed by atoms with van der Waals surface area (Å²) in [4.78, 5) is 12.2. The van der Waals surface area contributed by atoms with Gasteiger partial charge in [-0.3, -0.25) is 0 Å². The molecule has 2 rings (SSSR count). The van der Waals surface area contributed by atoms with Crippen molar-refractivity contribution < 1.29 is 9.90 Å². The molecule has 86 valence electrons. The summed E-state index contributed by atoms with van der Waals surface area (Å²) in [6, 6.07) is 6.59. The van der Waals surface area contributed by atoms with Gasteiger partial charge in [-0.1, -0.05) is 48.3 Å². The second-order valence-corrected chi connectivity index (χ2v) is 5.41. The van der Waals surface area contributed by atoms with Crippen LogP contribution in [0.4, 0.5) is 0 Å². The van der Waals surface area contributed by atoms with Crippen molar-refractivity contribution >= 4 is 57.6 Å². The van der Waals surface area contributed by atoms with E-state index >= 15 is 0 Å². The predicted molar refractivity (Wildman–Crippen MR) is 77.3 cm³/mol. The van der Waals surface area contributed by atoms with E-state index in [1.165, 1.54) is 11.8 Å². The maximum absolute atomic E-state index is 10.7. The fourth-order valence-electron chi connectivity index (χ4n) is 1.29. The number of carbonyl (C=O) groups is 1. The molecule has 0 radical (unpaired) electrons. The second-order valence-electron chi connectivity index (χ2n) is 3.28. The van der Waals surface area contributed by atoms with Crippen LogP contribution >= 0.6 is 36.2 Å². The fraction of sp³-hybridized carbons (Fsp3) is 0. The normalized spacial score (nSPS) is 17.3. The lowest BCUT2D eigenvalue weighted by Crippen LogP contribution is -2.15. The topological polar surface area (TPSA) is 49.3 Å². The van der Waals surface area contributed by atoms with Gasteiger partial charge in [-0.05, 0) is 23.8 Å². The second kappa shape index (κ2) is 4.95. The van der Waals surface area contributed by atoms with Crippen molar-refractivity contribution in [1.29, 1.82) is 0 Å². The number of nitrogens with one attached hydrogen (secondary N) is 1. The molecule has 1 saturated heterocycles. The highest BCUT2D eigenvalue weighted by Crippen LogP contribution is 2.26. The highest BCUT2D eigenvalue weighted by Gasteiger charge is 2.18. The summed E-state index contributed by atoms with van der Waals surface area (Å²) >= 11 is 11.5. The number of thiocarbonyl (C=S) groups is 2. The molecule has 17 heavy (non-hydrogen) atoms. The monoisotopic (exact) mass is 281 g/mol. The van der Waals surface area contributed by atoms with Crippen molar-refractivity contribution in [3.8, 4) is 0 Å². The number of carboxylic acid groups (broad SMARTS) is 1. The van der Waals surface area contributed by atoms with Crippen LogP contribution in [0.25, 0.3) is 6.08 Å². The van der Waals surface area contributed by atoms with Gasteiger partial charge >= 0.3 is 5.97 Å². The molecule has 3 nitrogen and oxygen atoms in total. The van der Waals surface area contributed by atoms with Crippen LogP contribution in [0.15, 0.2) is 29.2 Å². The maximum atomic E-state index is 10.7. The molecule has 0 aliphatic carbocycles. The van der Waals surface area contributed by atoms with Crippen molar-refractivity contribution in [1.82, 2.24) is 5.32 Å². The van der Waals surface area contributed by atoms with Crippen LogP contribution in [-0.2, 0) is 0 Å². The lowest BCUT2D eigenvalue weighted by atomic mass is 10.1. The summed E-state index contributed by atoms with van der Waals surface area (Å²) < 4.78 is 0.642. The van der Waals surface area contributed by atoms with Gasteiger partial charge in [-0.25, -0.2) is 4.79 Å². The third-order valence-electron chi connectivity index (χ3n) is 2.10. The van der Waals surface area contributed by atoms with Gasteiger partial charge in [0.1, 0.15) is 9.31 Å². The van der Waals surface area contributed by atoms with E-state index in [9.17, 15) is 4.79 Å². The van der Waals surface area contributed by atoms with Gasteiger partial charge in [-0.2, -0.15) is 0 Å². The number of aromatic carboxylic acids is 1. The van der Waals surface area contributed by atoms with Crippen molar-refractivity contribution in [2.45, 2.75) is 0 Å². The molecular weight excluding hydrogens is 274 g/mol. The van der Waals surface area contributed by atoms with E-state index in [2.05, 4.69) is 5.32 Å². The summed E-state index contributed by atoms with van der Waals surface area (Å²) in [5, 5.41) is 11.6.